The number of nitrogens with zero attached hydrogens (tertiary/aromatic N) is 1. The van der Waals surface area contributed by atoms with Gasteiger partial charge >= 0.3 is 0 Å². The van der Waals surface area contributed by atoms with Gasteiger partial charge in [-0.2, -0.15) is 4.58 Å². The highest BCUT2D eigenvalue weighted by Crippen LogP contribution is 2.47. The molecule has 0 saturated carbocycles. The number of rotatable bonds is 4. The molecule has 0 amide bonds. The first-order chi connectivity index (χ1) is 14.7. The highest BCUT2D eigenvalue weighted by atomic mass is 16.5. The second-order valence-electron chi connectivity index (χ2n) is 8.63. The maximum Gasteiger partial charge on any atom is 0.210 e. The number of benzene rings is 3. The van der Waals surface area contributed by atoms with Gasteiger partial charge in [0.25, 0.3) is 0 Å². The molecule has 0 aliphatic carbocycles. The van der Waals surface area contributed by atoms with Crippen molar-refractivity contribution < 1.29 is 9.31 Å². The van der Waals surface area contributed by atoms with Gasteiger partial charge in [0.05, 0.1) is 18.3 Å². The lowest BCUT2D eigenvalue weighted by Crippen LogP contribution is -2.31. The number of hydrogen-bond acceptors (Lipinski definition) is 1. The average Bonchev–Trinajstić information content (AvgIpc) is 3.00. The van der Waals surface area contributed by atoms with E-state index >= 15 is 0 Å². The fourth-order valence-electron chi connectivity index (χ4n) is 5.16. The van der Waals surface area contributed by atoms with Gasteiger partial charge < -0.3 is 4.74 Å². The van der Waals surface area contributed by atoms with Gasteiger partial charge in [-0.1, -0.05) is 54.6 Å². The molecule has 0 fully saturated rings. The van der Waals surface area contributed by atoms with E-state index in [4.69, 9.17) is 4.74 Å². The van der Waals surface area contributed by atoms with Gasteiger partial charge in [0.1, 0.15) is 7.05 Å². The normalized spacial score (nSPS) is 21.1. The van der Waals surface area contributed by atoms with Crippen molar-refractivity contribution in [1.29, 1.82) is 0 Å². The monoisotopic (exact) mass is 394 g/mol. The first-order valence-corrected chi connectivity index (χ1v) is 10.8. The van der Waals surface area contributed by atoms with Gasteiger partial charge in [0, 0.05) is 17.7 Å². The highest BCUT2D eigenvalue weighted by molar-refractivity contribution is 6.09. The van der Waals surface area contributed by atoms with Crippen molar-refractivity contribution in [2.24, 2.45) is 0 Å². The van der Waals surface area contributed by atoms with Gasteiger partial charge in [-0.3, -0.25) is 0 Å². The van der Waals surface area contributed by atoms with Crippen molar-refractivity contribution in [2.45, 2.75) is 31.6 Å². The van der Waals surface area contributed by atoms with E-state index < -0.39 is 0 Å². The maximum atomic E-state index is 5.70. The maximum absolute atomic E-state index is 5.70. The van der Waals surface area contributed by atoms with E-state index in [2.05, 4.69) is 97.4 Å². The Morgan fingerprint density at radius 2 is 1.77 bits per heavy atom. The molecule has 3 aromatic carbocycles. The summed E-state index contributed by atoms with van der Waals surface area (Å²) in [5, 5.41) is 2.66. The number of fused-ring (bicyclic) bond motifs is 3. The predicted molar refractivity (Wildman–Crippen MR) is 126 cm³/mol. The van der Waals surface area contributed by atoms with E-state index in [0.717, 1.165) is 25.9 Å². The molecular weight excluding hydrogens is 366 g/mol. The molecule has 1 atom stereocenters. The average molecular weight is 395 g/mol. The lowest BCUT2D eigenvalue weighted by molar-refractivity contribution is -0.401. The van der Waals surface area contributed by atoms with Gasteiger partial charge in [-0.25, -0.2) is 0 Å². The van der Waals surface area contributed by atoms with Crippen LogP contribution < -0.4 is 0 Å². The summed E-state index contributed by atoms with van der Waals surface area (Å²) >= 11 is 0. The molecule has 5 rings (SSSR count). The zero-order valence-corrected chi connectivity index (χ0v) is 17.8. The van der Waals surface area contributed by atoms with Gasteiger partial charge in [0.2, 0.25) is 5.69 Å². The van der Waals surface area contributed by atoms with Crippen LogP contribution in [0.2, 0.25) is 0 Å². The van der Waals surface area contributed by atoms with Crippen LogP contribution in [-0.2, 0) is 10.2 Å². The quantitative estimate of drug-likeness (QED) is 0.453. The predicted octanol–water partition coefficient (Wildman–Crippen LogP) is 6.62. The molecule has 3 aromatic rings. The van der Waals surface area contributed by atoms with Gasteiger partial charge in [-0.05, 0) is 60.2 Å². The standard InChI is InChI=1S/C28H28NO/c1-28(19-22-11-8-18-30-20-22)26(17-14-21-9-4-3-5-10-21)29(2)25-16-15-23-12-6-7-13-24(23)27(25)28/h3-7,9-10,12-17,20H,8,11,18-19H2,1-2H3/q+1/b17-14+. The van der Waals surface area contributed by atoms with Crippen molar-refractivity contribution in [3.8, 4) is 0 Å². The Hall–Kier alpha value is -3.13. The molecule has 0 N–H and O–H groups in total. The number of ether oxygens (including phenoxy) is 1. The van der Waals surface area contributed by atoms with E-state index in [1.165, 1.54) is 38.9 Å². The van der Waals surface area contributed by atoms with E-state index in [1.54, 1.807) is 0 Å². The lowest BCUT2D eigenvalue weighted by atomic mass is 9.72. The molecule has 2 nitrogen and oxygen atoms in total. The molecule has 0 aromatic heterocycles. The Labute approximate surface area is 178 Å². The Morgan fingerprint density at radius 3 is 2.57 bits per heavy atom. The summed E-state index contributed by atoms with van der Waals surface area (Å²) in [6.45, 7) is 3.24. The van der Waals surface area contributed by atoms with Gasteiger partial charge in [-0.15, -0.1) is 0 Å². The molecular formula is C28H28NO+. The van der Waals surface area contributed by atoms with Crippen LogP contribution in [0, 0.1) is 0 Å². The van der Waals surface area contributed by atoms with Crippen molar-refractivity contribution in [3.63, 3.8) is 0 Å². The molecule has 0 radical (unpaired) electrons. The Bertz CT molecular complexity index is 1190. The fraction of sp³-hybridized carbons (Fsp3) is 0.250. The van der Waals surface area contributed by atoms with Crippen LogP contribution in [0.25, 0.3) is 16.8 Å². The second-order valence-corrected chi connectivity index (χ2v) is 8.63. The molecule has 0 spiro atoms. The zero-order chi connectivity index (χ0) is 20.6. The fourth-order valence-corrected chi connectivity index (χ4v) is 5.16. The highest BCUT2D eigenvalue weighted by Gasteiger charge is 2.48. The Morgan fingerprint density at radius 1 is 0.967 bits per heavy atom. The van der Waals surface area contributed by atoms with Crippen molar-refractivity contribution in [1.82, 2.24) is 0 Å². The van der Waals surface area contributed by atoms with Crippen LogP contribution in [0.1, 0.15) is 37.3 Å². The third-order valence-electron chi connectivity index (χ3n) is 6.57. The summed E-state index contributed by atoms with van der Waals surface area (Å²) in [6.07, 6.45) is 9.77. The van der Waals surface area contributed by atoms with Crippen LogP contribution in [-0.4, -0.2) is 23.9 Å². The minimum atomic E-state index is -0.108. The minimum Gasteiger partial charge on any atom is -0.501 e. The summed E-state index contributed by atoms with van der Waals surface area (Å²) in [5.74, 6) is 0. The summed E-state index contributed by atoms with van der Waals surface area (Å²) in [7, 11) is 2.20. The first-order valence-electron chi connectivity index (χ1n) is 10.8. The molecule has 1 unspecified atom stereocenters. The minimum absolute atomic E-state index is 0.108. The van der Waals surface area contributed by atoms with E-state index in [0.29, 0.717) is 0 Å². The first kappa shape index (κ1) is 18.9. The van der Waals surface area contributed by atoms with E-state index in [1.807, 2.05) is 6.26 Å². The van der Waals surface area contributed by atoms with E-state index in [-0.39, 0.29) is 5.41 Å². The molecule has 2 heteroatoms. The molecule has 2 heterocycles. The summed E-state index contributed by atoms with van der Waals surface area (Å²) in [4.78, 5) is 0. The molecule has 0 saturated heterocycles. The lowest BCUT2D eigenvalue weighted by Gasteiger charge is -2.26. The van der Waals surface area contributed by atoms with Crippen molar-refractivity contribution >= 4 is 28.2 Å². The van der Waals surface area contributed by atoms with Crippen LogP contribution >= 0.6 is 0 Å². The third kappa shape index (κ3) is 3.17. The van der Waals surface area contributed by atoms with Crippen molar-refractivity contribution in [2.75, 3.05) is 13.7 Å². The molecule has 0 bridgehead atoms. The molecule has 150 valence electrons. The number of allylic oxidation sites excluding steroid dienone is 2. The molecule has 2 aliphatic rings. The van der Waals surface area contributed by atoms with Crippen LogP contribution in [0.15, 0.2) is 84.6 Å². The van der Waals surface area contributed by atoms with Crippen LogP contribution in [0.5, 0.6) is 0 Å². The summed E-state index contributed by atoms with van der Waals surface area (Å²) in [5.41, 5.74) is 6.60. The van der Waals surface area contributed by atoms with Crippen LogP contribution in [0.3, 0.4) is 0 Å². The zero-order valence-electron chi connectivity index (χ0n) is 17.8. The van der Waals surface area contributed by atoms with E-state index in [9.17, 15) is 0 Å². The van der Waals surface area contributed by atoms with Gasteiger partial charge in [0.15, 0.2) is 5.71 Å². The van der Waals surface area contributed by atoms with Crippen LogP contribution in [0.4, 0.5) is 5.69 Å². The largest absolute Gasteiger partial charge is 0.501 e. The SMILES string of the molecule is C[N+]1=C(/C=C/c2ccccc2)C(C)(CC2=COCCC2)c2c1ccc1ccccc21. The molecule has 2 aliphatic heterocycles. The Kier molecular flexibility index (Phi) is 4.78. The molecule has 30 heavy (non-hydrogen) atoms. The Balaban J connectivity index is 1.67. The second kappa shape index (κ2) is 7.60. The van der Waals surface area contributed by atoms with Crippen molar-refractivity contribution in [3.05, 3.63) is 95.8 Å². The summed E-state index contributed by atoms with van der Waals surface area (Å²) < 4.78 is 8.08. The third-order valence-corrected chi connectivity index (χ3v) is 6.57. The number of hydrogen-bond donors (Lipinski definition) is 0. The smallest absolute Gasteiger partial charge is 0.210 e. The topological polar surface area (TPSA) is 12.2 Å². The summed E-state index contributed by atoms with van der Waals surface area (Å²) in [6, 6.07) is 23.9.